The maximum Gasteiger partial charge on any atom is 0.329 e. The highest BCUT2D eigenvalue weighted by Gasteiger charge is 2.51. The Hall–Kier alpha value is -3.06. The third kappa shape index (κ3) is 3.39. The fraction of sp³-hybridized carbons (Fsp3) is 0.391. The van der Waals surface area contributed by atoms with Gasteiger partial charge in [-0.05, 0) is 24.6 Å². The van der Waals surface area contributed by atoms with E-state index < -0.39 is 5.54 Å². The summed E-state index contributed by atoms with van der Waals surface area (Å²) in [5, 5.41) is 2.90. The predicted octanol–water partition coefficient (Wildman–Crippen LogP) is 1.85. The van der Waals surface area contributed by atoms with E-state index in [2.05, 4.69) is 5.32 Å². The van der Waals surface area contributed by atoms with E-state index in [-0.39, 0.29) is 18.0 Å². The summed E-state index contributed by atoms with van der Waals surface area (Å²) in [4.78, 5) is 28.6. The van der Waals surface area contributed by atoms with Crippen molar-refractivity contribution in [3.05, 3.63) is 59.7 Å². The molecule has 0 bridgehead atoms. The van der Waals surface area contributed by atoms with E-state index in [0.717, 1.165) is 42.0 Å². The number of carbonyl (C=O) groups excluding carboxylic acids is 2. The molecule has 7 nitrogen and oxygen atoms in total. The van der Waals surface area contributed by atoms with E-state index in [1.807, 2.05) is 48.5 Å². The average Bonchev–Trinajstić information content (AvgIpc) is 3.32. The van der Waals surface area contributed by atoms with Crippen LogP contribution in [0.25, 0.3) is 0 Å². The van der Waals surface area contributed by atoms with Gasteiger partial charge in [-0.3, -0.25) is 4.79 Å². The van der Waals surface area contributed by atoms with Gasteiger partial charge in [0.2, 0.25) is 0 Å². The quantitative estimate of drug-likeness (QED) is 0.713. The van der Waals surface area contributed by atoms with Crippen molar-refractivity contribution in [1.29, 1.82) is 0 Å². The Bertz CT molecular complexity index is 949. The Labute approximate surface area is 176 Å². The lowest BCUT2D eigenvalue weighted by atomic mass is 9.92. The van der Waals surface area contributed by atoms with E-state index in [9.17, 15) is 9.59 Å². The summed E-state index contributed by atoms with van der Waals surface area (Å²) in [7, 11) is 3.28. The second kappa shape index (κ2) is 7.99. The number of quaternary nitrogens is 1. The monoisotopic (exact) mass is 410 g/mol. The first-order chi connectivity index (χ1) is 14.5. The molecule has 2 saturated heterocycles. The Balaban J connectivity index is 1.57. The number of carbonyl (C=O) groups is 2. The van der Waals surface area contributed by atoms with Crippen LogP contribution < -0.4 is 19.7 Å². The third-order valence-electron chi connectivity index (χ3n) is 6.29. The molecule has 0 saturated carbocycles. The molecular formula is C23H28N3O4+. The first-order valence-electron chi connectivity index (χ1n) is 10.2. The minimum Gasteiger partial charge on any atom is -0.497 e. The van der Waals surface area contributed by atoms with Crippen LogP contribution >= 0.6 is 0 Å². The zero-order valence-corrected chi connectivity index (χ0v) is 17.6. The molecule has 1 unspecified atom stereocenters. The number of nitrogens with one attached hydrogen (secondary N) is 2. The molecule has 2 aromatic carbocycles. The number of likely N-dealkylation sites (tertiary alicyclic amines) is 1. The Morgan fingerprint density at radius 2 is 1.90 bits per heavy atom. The molecule has 0 aromatic heterocycles. The fourth-order valence-corrected chi connectivity index (χ4v) is 4.59. The van der Waals surface area contributed by atoms with Crippen LogP contribution in [0.15, 0.2) is 48.5 Å². The van der Waals surface area contributed by atoms with Crippen molar-refractivity contribution in [2.24, 2.45) is 0 Å². The van der Waals surface area contributed by atoms with Gasteiger partial charge in [-0.25, -0.2) is 9.69 Å². The summed E-state index contributed by atoms with van der Waals surface area (Å²) in [5.74, 6) is 1.30. The van der Waals surface area contributed by atoms with Gasteiger partial charge in [0.05, 0.1) is 26.3 Å². The molecule has 7 heteroatoms. The molecule has 2 fully saturated rings. The summed E-state index contributed by atoms with van der Waals surface area (Å²) in [5.41, 5.74) is 0.824. The van der Waals surface area contributed by atoms with E-state index in [1.54, 1.807) is 21.1 Å². The van der Waals surface area contributed by atoms with Crippen LogP contribution in [0.3, 0.4) is 0 Å². The van der Waals surface area contributed by atoms with Crippen molar-refractivity contribution < 1.29 is 24.0 Å². The predicted molar refractivity (Wildman–Crippen MR) is 111 cm³/mol. The van der Waals surface area contributed by atoms with Crippen LogP contribution in [0.4, 0.5) is 4.79 Å². The smallest absolute Gasteiger partial charge is 0.329 e. The lowest BCUT2D eigenvalue weighted by Gasteiger charge is -2.27. The summed E-state index contributed by atoms with van der Waals surface area (Å²) < 4.78 is 10.9. The maximum atomic E-state index is 13.3. The summed E-state index contributed by atoms with van der Waals surface area (Å²) in [6.45, 7) is 2.98. The minimum absolute atomic E-state index is 0.148. The van der Waals surface area contributed by atoms with Gasteiger partial charge in [-0.15, -0.1) is 0 Å². The number of hydrogen-bond donors (Lipinski definition) is 2. The standard InChI is InChI=1S/C23H27N3O4/c1-23(16-8-5-4-6-9-16)21(27)26(22(28)24-23)15-25-13-7-10-19(25)18-12-11-17(29-2)14-20(18)30-3/h4-6,8-9,11-12,14,19H,7,10,13,15H2,1-3H3,(H,24,28)/p+1/t19-,23+/m1/s1. The van der Waals surface area contributed by atoms with Gasteiger partial charge in [-0.1, -0.05) is 30.3 Å². The molecule has 2 aliphatic rings. The third-order valence-corrected chi connectivity index (χ3v) is 6.29. The number of benzene rings is 2. The van der Waals surface area contributed by atoms with E-state index in [0.29, 0.717) is 6.67 Å². The van der Waals surface area contributed by atoms with Gasteiger partial charge < -0.3 is 19.7 Å². The highest BCUT2D eigenvalue weighted by atomic mass is 16.5. The number of nitrogens with zero attached hydrogens (tertiary/aromatic N) is 1. The van der Waals surface area contributed by atoms with Crippen molar-refractivity contribution in [1.82, 2.24) is 10.2 Å². The molecule has 0 aliphatic carbocycles. The van der Waals surface area contributed by atoms with Crippen LogP contribution in [0, 0.1) is 0 Å². The van der Waals surface area contributed by atoms with Crippen molar-refractivity contribution in [3.63, 3.8) is 0 Å². The molecule has 4 rings (SSSR count). The highest BCUT2D eigenvalue weighted by molar-refractivity contribution is 6.07. The minimum atomic E-state index is -1.04. The molecule has 3 amide bonds. The normalized spacial score (nSPS) is 26.0. The van der Waals surface area contributed by atoms with Crippen LogP contribution in [-0.2, 0) is 10.3 Å². The van der Waals surface area contributed by atoms with Gasteiger partial charge in [0.15, 0.2) is 6.67 Å². The molecule has 158 valence electrons. The molecular weight excluding hydrogens is 382 g/mol. The number of ether oxygens (including phenoxy) is 2. The zero-order chi connectivity index (χ0) is 21.3. The average molecular weight is 410 g/mol. The van der Waals surface area contributed by atoms with Gasteiger partial charge in [0.1, 0.15) is 23.1 Å². The molecule has 2 aliphatic heterocycles. The van der Waals surface area contributed by atoms with Gasteiger partial charge in [0.25, 0.3) is 5.91 Å². The topological polar surface area (TPSA) is 72.3 Å². The highest BCUT2D eigenvalue weighted by Crippen LogP contribution is 2.32. The Morgan fingerprint density at radius 1 is 1.13 bits per heavy atom. The molecule has 3 atom stereocenters. The van der Waals surface area contributed by atoms with E-state index in [1.165, 1.54) is 9.80 Å². The maximum absolute atomic E-state index is 13.3. The zero-order valence-electron chi connectivity index (χ0n) is 17.6. The number of methoxy groups -OCH3 is 2. The lowest BCUT2D eigenvalue weighted by Crippen LogP contribution is -3.12. The van der Waals surface area contributed by atoms with Crippen LogP contribution in [0.2, 0.25) is 0 Å². The molecule has 0 spiro atoms. The SMILES string of the molecule is COc1ccc([C@H]2CCC[NH+]2CN2C(=O)N[C@@](C)(c3ccccc3)C2=O)c(OC)c1. The summed E-state index contributed by atoms with van der Waals surface area (Å²) in [6, 6.07) is 15.0. The fourth-order valence-electron chi connectivity index (χ4n) is 4.59. The molecule has 2 N–H and O–H groups in total. The number of imide groups is 1. The van der Waals surface area contributed by atoms with Crippen LogP contribution in [-0.4, -0.2) is 44.3 Å². The lowest BCUT2D eigenvalue weighted by molar-refractivity contribution is -0.925. The number of urea groups is 1. The Morgan fingerprint density at radius 3 is 2.60 bits per heavy atom. The number of amides is 3. The molecule has 2 aromatic rings. The number of rotatable bonds is 6. The molecule has 0 radical (unpaired) electrons. The second-order valence-electron chi connectivity index (χ2n) is 8.02. The van der Waals surface area contributed by atoms with Crippen LogP contribution in [0.5, 0.6) is 11.5 Å². The first kappa shape index (κ1) is 20.2. The molecule has 30 heavy (non-hydrogen) atoms. The van der Waals surface area contributed by atoms with Crippen molar-refractivity contribution in [2.45, 2.75) is 31.3 Å². The largest absolute Gasteiger partial charge is 0.497 e. The van der Waals surface area contributed by atoms with Crippen LogP contribution in [0.1, 0.15) is 36.9 Å². The van der Waals surface area contributed by atoms with E-state index in [4.69, 9.17) is 9.47 Å². The number of hydrogen-bond acceptors (Lipinski definition) is 4. The summed E-state index contributed by atoms with van der Waals surface area (Å²) >= 11 is 0. The second-order valence-corrected chi connectivity index (χ2v) is 8.02. The van der Waals surface area contributed by atoms with Crippen molar-refractivity contribution in [3.8, 4) is 11.5 Å². The van der Waals surface area contributed by atoms with Gasteiger partial charge in [0, 0.05) is 18.9 Å². The van der Waals surface area contributed by atoms with E-state index >= 15 is 0 Å². The molecule has 2 heterocycles. The first-order valence-corrected chi connectivity index (χ1v) is 10.2. The van der Waals surface area contributed by atoms with Gasteiger partial charge >= 0.3 is 6.03 Å². The van der Waals surface area contributed by atoms with Crippen molar-refractivity contribution >= 4 is 11.9 Å². The Kier molecular flexibility index (Phi) is 5.39. The summed E-state index contributed by atoms with van der Waals surface area (Å²) in [6.07, 6.45) is 1.99. The van der Waals surface area contributed by atoms with Gasteiger partial charge in [-0.2, -0.15) is 0 Å². The van der Waals surface area contributed by atoms with Crippen molar-refractivity contribution in [2.75, 3.05) is 27.4 Å².